The third-order valence-corrected chi connectivity index (χ3v) is 2.09. The van der Waals surface area contributed by atoms with Crippen molar-refractivity contribution in [3.05, 3.63) is 17.0 Å². The lowest BCUT2D eigenvalue weighted by Crippen LogP contribution is -2.24. The lowest BCUT2D eigenvalue weighted by molar-refractivity contribution is -0.0886. The van der Waals surface area contributed by atoms with E-state index in [2.05, 4.69) is 10.2 Å². The second-order valence-electron chi connectivity index (χ2n) is 3.06. The fraction of sp³-hybridized carbons (Fsp3) is 0.556. The maximum Gasteiger partial charge on any atom is 0.455 e. The molecule has 15 heavy (non-hydrogen) atoms. The molecule has 0 spiro atoms. The number of nitrogens with zero attached hydrogens (tertiary/aromatic N) is 1. The molecule has 1 N–H and O–H groups in total. The molecule has 0 aliphatic heterocycles. The highest BCUT2D eigenvalue weighted by Crippen LogP contribution is 2.25. The van der Waals surface area contributed by atoms with Gasteiger partial charge < -0.3 is 0 Å². The number of hydrogen-bond donors (Lipinski definition) is 1. The molecular weight excluding hydrogens is 209 g/mol. The monoisotopic (exact) mass is 220 g/mol. The van der Waals surface area contributed by atoms with Crippen molar-refractivity contribution in [1.82, 2.24) is 10.2 Å². The summed E-state index contributed by atoms with van der Waals surface area (Å²) in [5, 5.41) is 6.15. The van der Waals surface area contributed by atoms with E-state index in [-0.39, 0.29) is 17.0 Å². The first-order valence-electron chi connectivity index (χ1n) is 4.59. The number of rotatable bonds is 3. The number of carbonyl (C=O) groups is 1. The summed E-state index contributed by atoms with van der Waals surface area (Å²) in [6.45, 7) is 3.32. The summed E-state index contributed by atoms with van der Waals surface area (Å²) < 4.78 is 36.8. The van der Waals surface area contributed by atoms with Crippen LogP contribution in [0.4, 0.5) is 13.2 Å². The molecule has 0 radical (unpaired) electrons. The summed E-state index contributed by atoms with van der Waals surface area (Å²) in [6.07, 6.45) is -4.21. The molecule has 0 aliphatic carbocycles. The highest BCUT2D eigenvalue weighted by atomic mass is 19.4. The van der Waals surface area contributed by atoms with Crippen molar-refractivity contribution in [2.45, 2.75) is 32.9 Å². The van der Waals surface area contributed by atoms with Gasteiger partial charge in [-0.25, -0.2) is 0 Å². The second kappa shape index (κ2) is 4.04. The standard InChI is InChI=1S/C9H11F3N2O/c1-3-5-7(6(4-2)14-13-5)8(15)9(10,11)12/h3-4H2,1-2H3,(H,13,14). The molecule has 84 valence electrons. The first-order valence-corrected chi connectivity index (χ1v) is 4.59. The Morgan fingerprint density at radius 3 is 2.33 bits per heavy atom. The van der Waals surface area contributed by atoms with E-state index in [0.29, 0.717) is 12.8 Å². The third kappa shape index (κ3) is 2.19. The lowest BCUT2D eigenvalue weighted by Gasteiger charge is -2.06. The van der Waals surface area contributed by atoms with E-state index in [1.165, 1.54) is 0 Å². The van der Waals surface area contributed by atoms with Gasteiger partial charge in [-0.05, 0) is 12.8 Å². The van der Waals surface area contributed by atoms with Gasteiger partial charge in [0.25, 0.3) is 5.78 Å². The molecule has 0 fully saturated rings. The highest BCUT2D eigenvalue weighted by Gasteiger charge is 2.42. The van der Waals surface area contributed by atoms with E-state index in [1.54, 1.807) is 13.8 Å². The van der Waals surface area contributed by atoms with E-state index in [9.17, 15) is 18.0 Å². The van der Waals surface area contributed by atoms with Gasteiger partial charge in [0.1, 0.15) is 0 Å². The molecular formula is C9H11F3N2O. The molecule has 0 atom stereocenters. The maximum absolute atomic E-state index is 12.3. The quantitative estimate of drug-likeness (QED) is 0.794. The molecule has 0 saturated heterocycles. The number of aryl methyl sites for hydroxylation is 2. The van der Waals surface area contributed by atoms with E-state index in [4.69, 9.17) is 0 Å². The molecule has 3 nitrogen and oxygen atoms in total. The fourth-order valence-corrected chi connectivity index (χ4v) is 1.34. The van der Waals surface area contributed by atoms with Gasteiger partial charge in [-0.3, -0.25) is 9.89 Å². The van der Waals surface area contributed by atoms with Crippen molar-refractivity contribution in [3.63, 3.8) is 0 Å². The number of halogens is 3. The normalized spacial score (nSPS) is 11.8. The topological polar surface area (TPSA) is 45.8 Å². The van der Waals surface area contributed by atoms with Gasteiger partial charge in [0, 0.05) is 5.69 Å². The highest BCUT2D eigenvalue weighted by molar-refractivity contribution is 6.02. The van der Waals surface area contributed by atoms with E-state index in [0.717, 1.165) is 0 Å². The Hall–Kier alpha value is -1.33. The number of carbonyl (C=O) groups excluding carboxylic acids is 1. The van der Waals surface area contributed by atoms with Crippen molar-refractivity contribution < 1.29 is 18.0 Å². The van der Waals surface area contributed by atoms with Crippen LogP contribution in [-0.4, -0.2) is 22.2 Å². The van der Waals surface area contributed by atoms with E-state index < -0.39 is 12.0 Å². The van der Waals surface area contributed by atoms with Crippen molar-refractivity contribution >= 4 is 5.78 Å². The molecule has 0 bridgehead atoms. The smallest absolute Gasteiger partial charge is 0.284 e. The molecule has 1 aromatic heterocycles. The number of ketones is 1. The molecule has 0 aliphatic rings. The summed E-state index contributed by atoms with van der Waals surface area (Å²) in [5.74, 6) is -1.81. The first kappa shape index (κ1) is 11.7. The predicted octanol–water partition coefficient (Wildman–Crippen LogP) is 2.28. The third-order valence-electron chi connectivity index (χ3n) is 2.09. The Labute approximate surface area is 84.7 Å². The maximum atomic E-state index is 12.3. The summed E-state index contributed by atoms with van der Waals surface area (Å²) >= 11 is 0. The second-order valence-corrected chi connectivity index (χ2v) is 3.06. The summed E-state index contributed by atoms with van der Waals surface area (Å²) in [6, 6.07) is 0. The van der Waals surface area contributed by atoms with Crippen LogP contribution in [0.3, 0.4) is 0 Å². The summed E-state index contributed by atoms with van der Waals surface area (Å²) in [5.41, 5.74) is 0.107. The van der Waals surface area contributed by atoms with Crippen LogP contribution in [0, 0.1) is 0 Å². The Kier molecular flexibility index (Phi) is 3.16. The zero-order chi connectivity index (χ0) is 11.6. The van der Waals surface area contributed by atoms with Crippen molar-refractivity contribution in [3.8, 4) is 0 Å². The van der Waals surface area contributed by atoms with Crippen LogP contribution in [0.25, 0.3) is 0 Å². The summed E-state index contributed by atoms with van der Waals surface area (Å²) in [7, 11) is 0. The van der Waals surface area contributed by atoms with Gasteiger partial charge in [0.15, 0.2) is 0 Å². The van der Waals surface area contributed by atoms with Crippen LogP contribution < -0.4 is 0 Å². The van der Waals surface area contributed by atoms with Crippen molar-refractivity contribution in [1.29, 1.82) is 0 Å². The van der Waals surface area contributed by atoms with Crippen molar-refractivity contribution in [2.24, 2.45) is 0 Å². The number of aromatic amines is 1. The minimum absolute atomic E-state index is 0.175. The largest absolute Gasteiger partial charge is 0.455 e. The molecule has 1 rings (SSSR count). The van der Waals surface area contributed by atoms with Crippen LogP contribution in [0.1, 0.15) is 35.6 Å². The zero-order valence-corrected chi connectivity index (χ0v) is 8.40. The van der Waals surface area contributed by atoms with Crippen molar-refractivity contribution in [2.75, 3.05) is 0 Å². The number of nitrogens with one attached hydrogen (secondary N) is 1. The minimum atomic E-state index is -4.84. The Balaban J connectivity index is 3.22. The predicted molar refractivity (Wildman–Crippen MR) is 47.7 cm³/mol. The average molecular weight is 220 g/mol. The SMILES string of the molecule is CCc1n[nH]c(CC)c1C(=O)C(F)(F)F. The number of aromatic nitrogens is 2. The van der Waals surface area contributed by atoms with Crippen LogP contribution in [0.2, 0.25) is 0 Å². The molecule has 1 heterocycles. The molecule has 1 aromatic rings. The Morgan fingerprint density at radius 2 is 1.93 bits per heavy atom. The lowest BCUT2D eigenvalue weighted by atomic mass is 10.0. The average Bonchev–Trinajstić information content (AvgIpc) is 2.57. The van der Waals surface area contributed by atoms with Gasteiger partial charge in [0.2, 0.25) is 0 Å². The minimum Gasteiger partial charge on any atom is -0.284 e. The van der Waals surface area contributed by atoms with Gasteiger partial charge in [-0.1, -0.05) is 13.8 Å². The molecule has 6 heteroatoms. The summed E-state index contributed by atoms with van der Waals surface area (Å²) in [4.78, 5) is 11.1. The van der Waals surface area contributed by atoms with Gasteiger partial charge >= 0.3 is 6.18 Å². The fourth-order valence-electron chi connectivity index (χ4n) is 1.34. The van der Waals surface area contributed by atoms with E-state index >= 15 is 0 Å². The van der Waals surface area contributed by atoms with Crippen LogP contribution in [-0.2, 0) is 12.8 Å². The Morgan fingerprint density at radius 1 is 1.33 bits per heavy atom. The number of alkyl halides is 3. The number of hydrogen-bond acceptors (Lipinski definition) is 2. The van der Waals surface area contributed by atoms with Gasteiger partial charge in [0.05, 0.1) is 11.3 Å². The molecule has 0 aromatic carbocycles. The number of H-pyrrole nitrogens is 1. The molecule has 0 saturated carbocycles. The first-order chi connectivity index (χ1) is 6.91. The van der Waals surface area contributed by atoms with Crippen LogP contribution in [0.5, 0.6) is 0 Å². The molecule has 0 amide bonds. The number of Topliss-reactive ketones (excluding diaryl/α,β-unsaturated/α-hetero) is 1. The Bertz CT molecular complexity index is 346. The van der Waals surface area contributed by atoms with E-state index in [1.807, 2.05) is 0 Å². The van der Waals surface area contributed by atoms with Crippen LogP contribution in [0.15, 0.2) is 0 Å². The van der Waals surface area contributed by atoms with Gasteiger partial charge in [-0.15, -0.1) is 0 Å². The molecule has 0 unspecified atom stereocenters. The zero-order valence-electron chi connectivity index (χ0n) is 8.40. The van der Waals surface area contributed by atoms with Gasteiger partial charge in [-0.2, -0.15) is 18.3 Å². The van der Waals surface area contributed by atoms with Crippen LogP contribution >= 0.6 is 0 Å².